The van der Waals surface area contributed by atoms with Gasteiger partial charge in [0, 0.05) is 18.7 Å². The highest BCUT2D eigenvalue weighted by atomic mass is 35.5. The summed E-state index contributed by atoms with van der Waals surface area (Å²) in [7, 11) is 0. The van der Waals surface area contributed by atoms with Crippen LogP contribution in [0.1, 0.15) is 24.6 Å². The topological polar surface area (TPSA) is 119 Å². The first-order chi connectivity index (χ1) is 12.1. The van der Waals surface area contributed by atoms with E-state index in [4.69, 9.17) is 16.3 Å². The van der Waals surface area contributed by atoms with Gasteiger partial charge in [-0.3, -0.25) is 0 Å². The van der Waals surface area contributed by atoms with Crippen molar-refractivity contribution in [2.24, 2.45) is 0 Å². The molecule has 2 N–H and O–H groups in total. The van der Waals surface area contributed by atoms with Gasteiger partial charge in [-0.05, 0) is 30.4 Å². The van der Waals surface area contributed by atoms with Crippen molar-refractivity contribution >= 4 is 23.2 Å². The molecule has 0 radical (unpaired) electrons. The molecule has 0 aliphatic carbocycles. The van der Waals surface area contributed by atoms with Crippen LogP contribution in [-0.4, -0.2) is 37.7 Å². The van der Waals surface area contributed by atoms with Crippen molar-refractivity contribution in [3.8, 4) is 5.75 Å². The summed E-state index contributed by atoms with van der Waals surface area (Å²) in [5, 5.41) is 19.0. The van der Waals surface area contributed by atoms with Crippen LogP contribution in [0.2, 0.25) is 5.28 Å². The minimum Gasteiger partial charge on any atom is -0.484 e. The Morgan fingerprint density at radius 3 is 2.81 bits per heavy atom. The predicted octanol–water partition coefficient (Wildman–Crippen LogP) is 3.36. The molecule has 0 bridgehead atoms. The molecule has 0 unspecified atom stereocenters. The van der Waals surface area contributed by atoms with Crippen LogP contribution in [0.3, 0.4) is 0 Å². The minimum atomic E-state index is -4.64. The monoisotopic (exact) mass is 394 g/mol. The normalized spacial score (nSPS) is 12.7. The number of aromatic nitrogens is 4. The van der Waals surface area contributed by atoms with Crippen molar-refractivity contribution < 1.29 is 22.8 Å². The standard InChI is InChI=1S/C13H14ClF3N6O3/c1-6(3-4-26-9-7(2)21-22-11(9)23(24)25)19-10-8(13(15,16)17)5-18-12(14)20-10/h5-6H,3-4H2,1-2H3,(H,21,22)(H,18,19,20)/t6-/m0/s1. The summed E-state index contributed by atoms with van der Waals surface area (Å²) in [6, 6.07) is -0.492. The molecule has 2 aromatic heterocycles. The van der Waals surface area contributed by atoms with E-state index in [9.17, 15) is 23.3 Å². The fraction of sp³-hybridized carbons (Fsp3) is 0.462. The van der Waals surface area contributed by atoms with Gasteiger partial charge in [-0.2, -0.15) is 13.2 Å². The maximum Gasteiger partial charge on any atom is 0.421 e. The zero-order chi connectivity index (χ0) is 19.5. The van der Waals surface area contributed by atoms with E-state index < -0.39 is 28.5 Å². The molecule has 0 saturated heterocycles. The van der Waals surface area contributed by atoms with Gasteiger partial charge in [0.25, 0.3) is 0 Å². The largest absolute Gasteiger partial charge is 0.484 e. The summed E-state index contributed by atoms with van der Waals surface area (Å²) < 4.78 is 44.3. The molecular weight excluding hydrogens is 381 g/mol. The number of halogens is 4. The van der Waals surface area contributed by atoms with Gasteiger partial charge in [0.1, 0.15) is 17.1 Å². The fourth-order valence-corrected chi connectivity index (χ4v) is 2.16. The molecule has 0 fully saturated rings. The second-order valence-electron chi connectivity index (χ2n) is 5.33. The molecule has 0 aliphatic rings. The SMILES string of the molecule is Cc1n[nH]c([N+](=O)[O-])c1OCC[C@H](C)Nc1nc(Cl)ncc1C(F)(F)F. The van der Waals surface area contributed by atoms with Crippen molar-refractivity contribution in [1.29, 1.82) is 0 Å². The highest BCUT2D eigenvalue weighted by Gasteiger charge is 2.35. The quantitative estimate of drug-likeness (QED) is 0.420. The predicted molar refractivity (Wildman–Crippen MR) is 85.2 cm³/mol. The Hall–Kier alpha value is -2.63. The van der Waals surface area contributed by atoms with Crippen LogP contribution in [0.15, 0.2) is 6.20 Å². The molecule has 2 heterocycles. The van der Waals surface area contributed by atoms with Gasteiger partial charge in [-0.25, -0.2) is 9.97 Å². The molecule has 142 valence electrons. The Balaban J connectivity index is 2.00. The van der Waals surface area contributed by atoms with Gasteiger partial charge in [0.05, 0.1) is 6.61 Å². The molecule has 2 rings (SSSR count). The molecular formula is C13H14ClF3N6O3. The molecule has 1 atom stereocenters. The molecule has 2 aromatic rings. The number of nitro groups is 1. The Bertz CT molecular complexity index is 798. The van der Waals surface area contributed by atoms with Crippen LogP contribution in [0.25, 0.3) is 0 Å². The molecule has 0 saturated carbocycles. The Morgan fingerprint density at radius 1 is 1.50 bits per heavy atom. The summed E-state index contributed by atoms with van der Waals surface area (Å²) in [6.07, 6.45) is -3.81. The highest BCUT2D eigenvalue weighted by molar-refractivity contribution is 6.28. The number of hydrogen-bond acceptors (Lipinski definition) is 7. The summed E-state index contributed by atoms with van der Waals surface area (Å²) in [6.45, 7) is 3.14. The number of aryl methyl sites for hydroxylation is 1. The van der Waals surface area contributed by atoms with Gasteiger partial charge >= 0.3 is 12.0 Å². The molecule has 0 aliphatic heterocycles. The maximum absolute atomic E-state index is 13.0. The van der Waals surface area contributed by atoms with Crippen molar-refractivity contribution in [2.45, 2.75) is 32.5 Å². The van der Waals surface area contributed by atoms with Gasteiger partial charge < -0.3 is 20.2 Å². The molecule has 0 spiro atoms. The maximum atomic E-state index is 13.0. The fourth-order valence-electron chi connectivity index (χ4n) is 2.03. The lowest BCUT2D eigenvalue weighted by Crippen LogP contribution is -2.22. The average Bonchev–Trinajstić information content (AvgIpc) is 2.87. The van der Waals surface area contributed by atoms with Gasteiger partial charge in [0.15, 0.2) is 0 Å². The van der Waals surface area contributed by atoms with Gasteiger partial charge in [-0.15, -0.1) is 5.10 Å². The Kier molecular flexibility index (Phi) is 5.85. The number of rotatable bonds is 7. The lowest BCUT2D eigenvalue weighted by molar-refractivity contribution is -0.390. The highest BCUT2D eigenvalue weighted by Crippen LogP contribution is 2.34. The lowest BCUT2D eigenvalue weighted by atomic mass is 10.2. The van der Waals surface area contributed by atoms with Gasteiger partial charge in [-0.1, -0.05) is 5.10 Å². The number of aromatic amines is 1. The van der Waals surface area contributed by atoms with E-state index in [0.717, 1.165) is 0 Å². The molecule has 0 amide bonds. The summed E-state index contributed by atoms with van der Waals surface area (Å²) in [5.41, 5.74) is -0.741. The third-order valence-corrected chi connectivity index (χ3v) is 3.48. The third-order valence-electron chi connectivity index (χ3n) is 3.30. The number of nitrogens with zero attached hydrogens (tertiary/aromatic N) is 4. The number of alkyl halides is 3. The average molecular weight is 395 g/mol. The van der Waals surface area contributed by atoms with Crippen LogP contribution in [0, 0.1) is 17.0 Å². The van der Waals surface area contributed by atoms with Gasteiger partial charge in [0.2, 0.25) is 11.0 Å². The zero-order valence-electron chi connectivity index (χ0n) is 13.6. The first-order valence-corrected chi connectivity index (χ1v) is 7.65. The zero-order valence-corrected chi connectivity index (χ0v) is 14.4. The molecule has 26 heavy (non-hydrogen) atoms. The summed E-state index contributed by atoms with van der Waals surface area (Å²) >= 11 is 5.56. The Labute approximate surface area is 150 Å². The van der Waals surface area contributed by atoms with E-state index in [2.05, 4.69) is 25.5 Å². The number of ether oxygens (including phenoxy) is 1. The minimum absolute atomic E-state index is 0.00947. The summed E-state index contributed by atoms with van der Waals surface area (Å²) in [4.78, 5) is 17.1. The summed E-state index contributed by atoms with van der Waals surface area (Å²) in [5.74, 6) is -0.844. The molecule has 9 nitrogen and oxygen atoms in total. The van der Waals surface area contributed by atoms with Crippen LogP contribution in [-0.2, 0) is 6.18 Å². The van der Waals surface area contributed by atoms with Crippen molar-refractivity contribution in [1.82, 2.24) is 20.2 Å². The van der Waals surface area contributed by atoms with E-state index >= 15 is 0 Å². The van der Waals surface area contributed by atoms with E-state index in [1.807, 2.05) is 0 Å². The number of H-pyrrole nitrogens is 1. The number of hydrogen-bond donors (Lipinski definition) is 2. The second-order valence-corrected chi connectivity index (χ2v) is 5.66. The van der Waals surface area contributed by atoms with E-state index in [1.165, 1.54) is 6.92 Å². The van der Waals surface area contributed by atoms with E-state index in [-0.39, 0.29) is 29.9 Å². The van der Waals surface area contributed by atoms with Crippen molar-refractivity contribution in [3.05, 3.63) is 32.9 Å². The second kappa shape index (κ2) is 7.72. The number of anilines is 1. The van der Waals surface area contributed by atoms with E-state index in [0.29, 0.717) is 11.9 Å². The smallest absolute Gasteiger partial charge is 0.421 e. The Morgan fingerprint density at radius 2 is 2.19 bits per heavy atom. The molecule has 13 heteroatoms. The first kappa shape index (κ1) is 19.7. The lowest BCUT2D eigenvalue weighted by Gasteiger charge is -2.18. The van der Waals surface area contributed by atoms with Crippen LogP contribution < -0.4 is 10.1 Å². The van der Waals surface area contributed by atoms with Crippen molar-refractivity contribution in [2.75, 3.05) is 11.9 Å². The van der Waals surface area contributed by atoms with E-state index in [1.54, 1.807) is 6.92 Å². The van der Waals surface area contributed by atoms with Crippen LogP contribution in [0.5, 0.6) is 5.75 Å². The molecule has 0 aromatic carbocycles. The number of nitrogens with one attached hydrogen (secondary N) is 2. The van der Waals surface area contributed by atoms with Crippen molar-refractivity contribution in [3.63, 3.8) is 0 Å². The first-order valence-electron chi connectivity index (χ1n) is 7.28. The van der Waals surface area contributed by atoms with Crippen LogP contribution >= 0.6 is 11.6 Å². The third kappa shape index (κ3) is 4.71. The van der Waals surface area contributed by atoms with Crippen LogP contribution in [0.4, 0.5) is 24.8 Å².